The third-order valence-corrected chi connectivity index (χ3v) is 6.76. The number of fused-ring (bicyclic) bond motifs is 1. The zero-order chi connectivity index (χ0) is 23.3. The van der Waals surface area contributed by atoms with Crippen molar-refractivity contribution in [2.45, 2.75) is 38.1 Å². The lowest BCUT2D eigenvalue weighted by Gasteiger charge is -2.32. The number of rotatable bonds is 9. The van der Waals surface area contributed by atoms with Crippen molar-refractivity contribution < 1.29 is 18.7 Å². The van der Waals surface area contributed by atoms with Gasteiger partial charge in [0.1, 0.15) is 23.9 Å². The first-order chi connectivity index (χ1) is 16.7. The van der Waals surface area contributed by atoms with Crippen LogP contribution in [0.4, 0.5) is 0 Å². The zero-order valence-electron chi connectivity index (χ0n) is 18.5. The molecule has 1 fully saturated rings. The Morgan fingerprint density at radius 2 is 2.12 bits per heavy atom. The Kier molecular flexibility index (Phi) is 6.68. The standard InChI is InChI=1S/C24H25N5O4S/c30-22(16-29-20-9-2-1-8-19(20)26-27-29)28(15-18-7-4-12-33-18)23(21-10-5-13-34-21)24(31)25-14-17-6-3-11-32-17/h1-3,5-6,8-11,13,18,23H,4,7,12,14-16H2,(H,25,31)/t18-,23-/m0/s1. The largest absolute Gasteiger partial charge is 0.467 e. The highest BCUT2D eigenvalue weighted by molar-refractivity contribution is 7.10. The zero-order valence-corrected chi connectivity index (χ0v) is 19.3. The number of ether oxygens (including phenoxy) is 1. The number of furan rings is 1. The number of thiophene rings is 1. The third-order valence-electron chi connectivity index (χ3n) is 5.84. The summed E-state index contributed by atoms with van der Waals surface area (Å²) >= 11 is 1.44. The first-order valence-corrected chi connectivity index (χ1v) is 12.1. The van der Waals surface area contributed by atoms with Crippen molar-refractivity contribution >= 4 is 34.2 Å². The molecule has 2 amide bonds. The number of aromatic nitrogens is 3. The molecule has 0 radical (unpaired) electrons. The van der Waals surface area contributed by atoms with Gasteiger partial charge >= 0.3 is 0 Å². The molecule has 9 nitrogen and oxygen atoms in total. The summed E-state index contributed by atoms with van der Waals surface area (Å²) in [7, 11) is 0. The number of benzene rings is 1. The molecule has 1 aliphatic heterocycles. The maximum Gasteiger partial charge on any atom is 0.248 e. The average Bonchev–Trinajstić information content (AvgIpc) is 3.66. The fourth-order valence-electron chi connectivity index (χ4n) is 4.17. The van der Waals surface area contributed by atoms with Gasteiger partial charge in [-0.25, -0.2) is 4.68 Å². The molecule has 1 N–H and O–H groups in total. The van der Waals surface area contributed by atoms with Gasteiger partial charge in [-0.15, -0.1) is 16.4 Å². The molecular weight excluding hydrogens is 454 g/mol. The summed E-state index contributed by atoms with van der Waals surface area (Å²) in [6.07, 6.45) is 3.24. The smallest absolute Gasteiger partial charge is 0.248 e. The number of hydrogen-bond donors (Lipinski definition) is 1. The molecule has 4 aromatic rings. The van der Waals surface area contributed by atoms with Crippen molar-refractivity contribution in [2.75, 3.05) is 13.2 Å². The Morgan fingerprint density at radius 1 is 1.21 bits per heavy atom. The van der Waals surface area contributed by atoms with Crippen molar-refractivity contribution in [1.29, 1.82) is 0 Å². The van der Waals surface area contributed by atoms with Crippen LogP contribution in [0.5, 0.6) is 0 Å². The van der Waals surface area contributed by atoms with E-state index >= 15 is 0 Å². The summed E-state index contributed by atoms with van der Waals surface area (Å²) in [5.41, 5.74) is 1.48. The monoisotopic (exact) mass is 479 g/mol. The molecule has 5 rings (SSSR count). The topological polar surface area (TPSA) is 102 Å². The molecule has 0 aliphatic carbocycles. The first-order valence-electron chi connectivity index (χ1n) is 11.2. The Hall–Kier alpha value is -3.50. The molecule has 1 aromatic carbocycles. The maximum atomic E-state index is 13.7. The molecule has 0 saturated carbocycles. The van der Waals surface area contributed by atoms with E-state index in [-0.39, 0.29) is 31.0 Å². The number of amides is 2. The van der Waals surface area contributed by atoms with Crippen LogP contribution in [0.3, 0.4) is 0 Å². The number of nitrogens with one attached hydrogen (secondary N) is 1. The molecule has 34 heavy (non-hydrogen) atoms. The van der Waals surface area contributed by atoms with Crippen molar-refractivity contribution in [3.8, 4) is 0 Å². The van der Waals surface area contributed by atoms with Crippen LogP contribution in [0.1, 0.15) is 29.5 Å². The van der Waals surface area contributed by atoms with Gasteiger partial charge in [0, 0.05) is 18.0 Å². The Bertz CT molecular complexity index is 1230. The van der Waals surface area contributed by atoms with E-state index in [1.807, 2.05) is 41.8 Å². The van der Waals surface area contributed by atoms with Crippen LogP contribution in [0, 0.1) is 0 Å². The molecule has 1 aliphatic rings. The van der Waals surface area contributed by atoms with Gasteiger partial charge in [-0.2, -0.15) is 0 Å². The lowest BCUT2D eigenvalue weighted by Crippen LogP contribution is -2.47. The van der Waals surface area contributed by atoms with Gasteiger partial charge in [-0.05, 0) is 48.6 Å². The quantitative estimate of drug-likeness (QED) is 0.396. The van der Waals surface area contributed by atoms with Gasteiger partial charge in [-0.1, -0.05) is 23.4 Å². The minimum Gasteiger partial charge on any atom is -0.467 e. The van der Waals surface area contributed by atoms with E-state index in [9.17, 15) is 9.59 Å². The number of carbonyl (C=O) groups is 2. The normalized spacial score (nSPS) is 16.5. The van der Waals surface area contributed by atoms with Gasteiger partial charge in [0.05, 0.1) is 24.4 Å². The molecule has 4 heterocycles. The molecule has 10 heteroatoms. The number of nitrogens with zero attached hydrogens (tertiary/aromatic N) is 4. The number of carbonyl (C=O) groups excluding carboxylic acids is 2. The van der Waals surface area contributed by atoms with E-state index in [0.29, 0.717) is 24.4 Å². The summed E-state index contributed by atoms with van der Waals surface area (Å²) in [5, 5.41) is 13.1. The summed E-state index contributed by atoms with van der Waals surface area (Å²) in [5.74, 6) is 0.149. The Balaban J connectivity index is 1.43. The fourth-order valence-corrected chi connectivity index (χ4v) is 5.00. The molecule has 3 aromatic heterocycles. The maximum absolute atomic E-state index is 13.7. The second-order valence-corrected chi connectivity index (χ2v) is 9.11. The molecule has 0 unspecified atom stereocenters. The lowest BCUT2D eigenvalue weighted by molar-refractivity contribution is -0.143. The van der Waals surface area contributed by atoms with Crippen LogP contribution in [0.15, 0.2) is 64.6 Å². The van der Waals surface area contributed by atoms with E-state index in [1.54, 1.807) is 28.0 Å². The minimum absolute atomic E-state index is 0.0272. The van der Waals surface area contributed by atoms with E-state index in [2.05, 4.69) is 15.6 Å². The lowest BCUT2D eigenvalue weighted by atomic mass is 10.1. The molecular formula is C24H25N5O4S. The van der Waals surface area contributed by atoms with Gasteiger partial charge in [0.15, 0.2) is 0 Å². The van der Waals surface area contributed by atoms with Crippen LogP contribution < -0.4 is 5.32 Å². The summed E-state index contributed by atoms with van der Waals surface area (Å²) in [6, 6.07) is 14.0. The number of para-hydroxylation sites is 1. The van der Waals surface area contributed by atoms with Crippen LogP contribution in [-0.4, -0.2) is 51.0 Å². The number of hydrogen-bond acceptors (Lipinski definition) is 7. The molecule has 1 saturated heterocycles. The van der Waals surface area contributed by atoms with Crippen molar-refractivity contribution in [3.05, 3.63) is 70.8 Å². The van der Waals surface area contributed by atoms with E-state index in [1.165, 1.54) is 11.3 Å². The summed E-state index contributed by atoms with van der Waals surface area (Å²) in [4.78, 5) is 29.6. The van der Waals surface area contributed by atoms with E-state index in [4.69, 9.17) is 9.15 Å². The molecule has 2 atom stereocenters. The van der Waals surface area contributed by atoms with Crippen LogP contribution in [0.25, 0.3) is 11.0 Å². The van der Waals surface area contributed by atoms with Gasteiger partial charge in [-0.3, -0.25) is 9.59 Å². The predicted molar refractivity (Wildman–Crippen MR) is 126 cm³/mol. The third kappa shape index (κ3) is 4.87. The van der Waals surface area contributed by atoms with Crippen LogP contribution >= 0.6 is 11.3 Å². The van der Waals surface area contributed by atoms with Crippen molar-refractivity contribution in [2.24, 2.45) is 0 Å². The summed E-state index contributed by atoms with van der Waals surface area (Å²) < 4.78 is 12.8. The summed E-state index contributed by atoms with van der Waals surface area (Å²) in [6.45, 7) is 1.20. The molecule has 0 spiro atoms. The second-order valence-electron chi connectivity index (χ2n) is 8.13. The SMILES string of the molecule is O=C(NCc1ccco1)[C@H](c1cccs1)N(C[C@@H]1CCCO1)C(=O)Cn1nnc2ccccc21. The Labute approximate surface area is 200 Å². The predicted octanol–water partition coefficient (Wildman–Crippen LogP) is 3.15. The van der Waals surface area contributed by atoms with Gasteiger partial charge in [0.25, 0.3) is 0 Å². The molecule has 0 bridgehead atoms. The fraction of sp³-hybridized carbons (Fsp3) is 0.333. The van der Waals surface area contributed by atoms with Crippen molar-refractivity contribution in [1.82, 2.24) is 25.2 Å². The highest BCUT2D eigenvalue weighted by Gasteiger charge is 2.35. The minimum atomic E-state index is -0.790. The second kappa shape index (κ2) is 10.2. The highest BCUT2D eigenvalue weighted by Crippen LogP contribution is 2.28. The molecule has 176 valence electrons. The van der Waals surface area contributed by atoms with E-state index in [0.717, 1.165) is 23.2 Å². The van der Waals surface area contributed by atoms with Crippen molar-refractivity contribution in [3.63, 3.8) is 0 Å². The van der Waals surface area contributed by atoms with E-state index < -0.39 is 6.04 Å². The van der Waals surface area contributed by atoms with Crippen LogP contribution in [-0.2, 0) is 27.4 Å². The highest BCUT2D eigenvalue weighted by atomic mass is 32.1. The van der Waals surface area contributed by atoms with Gasteiger partial charge < -0.3 is 19.4 Å². The first kappa shape index (κ1) is 22.3. The Morgan fingerprint density at radius 3 is 2.88 bits per heavy atom. The average molecular weight is 480 g/mol. The van der Waals surface area contributed by atoms with Crippen LogP contribution in [0.2, 0.25) is 0 Å². The van der Waals surface area contributed by atoms with Gasteiger partial charge in [0.2, 0.25) is 11.8 Å².